The smallest absolute Gasteiger partial charge is 0.0629 e. The van der Waals surface area contributed by atoms with E-state index in [0.29, 0.717) is 6.04 Å². The van der Waals surface area contributed by atoms with Gasteiger partial charge in [-0.15, -0.1) is 0 Å². The van der Waals surface area contributed by atoms with Crippen molar-refractivity contribution in [1.29, 1.82) is 0 Å². The molecule has 0 fully saturated rings. The zero-order valence-corrected chi connectivity index (χ0v) is 14.1. The summed E-state index contributed by atoms with van der Waals surface area (Å²) in [5.41, 5.74) is 7.84. The normalized spacial score (nSPS) is 12.7. The largest absolute Gasteiger partial charge is 0.310 e. The van der Waals surface area contributed by atoms with E-state index in [1.807, 2.05) is 11.7 Å². The first-order chi connectivity index (χ1) is 9.93. The quantitative estimate of drug-likeness (QED) is 0.910. The molecule has 0 saturated carbocycles. The van der Waals surface area contributed by atoms with Gasteiger partial charge in [0.1, 0.15) is 0 Å². The van der Waals surface area contributed by atoms with Crippen LogP contribution < -0.4 is 5.32 Å². The molecule has 0 aliphatic heterocycles. The zero-order chi connectivity index (χ0) is 15.6. The Bertz CT molecular complexity index is 626. The van der Waals surface area contributed by atoms with E-state index < -0.39 is 0 Å². The monoisotopic (exact) mass is 285 g/mol. The molecule has 1 heterocycles. The molecule has 2 rings (SSSR count). The molecule has 0 bridgehead atoms. The van der Waals surface area contributed by atoms with Gasteiger partial charge in [-0.1, -0.05) is 30.7 Å². The van der Waals surface area contributed by atoms with Crippen LogP contribution in [0.1, 0.15) is 46.6 Å². The lowest BCUT2D eigenvalue weighted by molar-refractivity contribution is 0.544. The number of rotatable bonds is 5. The third-order valence-electron chi connectivity index (χ3n) is 4.33. The predicted molar refractivity (Wildman–Crippen MR) is 88.7 cm³/mol. The highest BCUT2D eigenvalue weighted by molar-refractivity contribution is 5.35. The van der Waals surface area contributed by atoms with E-state index in [1.54, 1.807) is 0 Å². The number of benzene rings is 1. The van der Waals surface area contributed by atoms with Gasteiger partial charge in [0, 0.05) is 18.8 Å². The van der Waals surface area contributed by atoms with Gasteiger partial charge in [-0.3, -0.25) is 4.68 Å². The molecule has 0 spiro atoms. The average molecular weight is 285 g/mol. The fraction of sp³-hybridized carbons (Fsp3) is 0.500. The highest BCUT2D eigenvalue weighted by Gasteiger charge is 2.18. The Hall–Kier alpha value is -1.61. The molecule has 0 radical (unpaired) electrons. The number of hydrogen-bond donors (Lipinski definition) is 1. The summed E-state index contributed by atoms with van der Waals surface area (Å²) in [7, 11) is 2.02. The molecule has 0 saturated heterocycles. The Kier molecular flexibility index (Phi) is 4.84. The predicted octanol–water partition coefficient (Wildman–Crippen LogP) is 3.55. The number of nitrogens with one attached hydrogen (secondary N) is 1. The minimum atomic E-state index is 0.344. The molecule has 1 aromatic heterocycles. The van der Waals surface area contributed by atoms with Crippen LogP contribution in [0.2, 0.25) is 0 Å². The van der Waals surface area contributed by atoms with Gasteiger partial charge in [0.15, 0.2) is 0 Å². The summed E-state index contributed by atoms with van der Waals surface area (Å²) < 4.78 is 1.98. The molecule has 0 amide bonds. The highest BCUT2D eigenvalue weighted by Crippen LogP contribution is 2.25. The molecule has 1 atom stereocenters. The fourth-order valence-corrected chi connectivity index (χ4v) is 2.99. The second-order valence-electron chi connectivity index (χ2n) is 5.95. The molecule has 21 heavy (non-hydrogen) atoms. The van der Waals surface area contributed by atoms with Gasteiger partial charge < -0.3 is 5.32 Å². The van der Waals surface area contributed by atoms with Gasteiger partial charge in [-0.2, -0.15) is 5.10 Å². The summed E-state index contributed by atoms with van der Waals surface area (Å²) in [6.45, 7) is 11.8. The SMILES string of the molecule is CCNC(Cc1c(C)nn(C)c1C)c1cc(C)ccc1C. The minimum absolute atomic E-state index is 0.344. The van der Waals surface area contributed by atoms with Crippen molar-refractivity contribution in [2.24, 2.45) is 7.05 Å². The lowest BCUT2D eigenvalue weighted by Crippen LogP contribution is -2.24. The van der Waals surface area contributed by atoms with Crippen molar-refractivity contribution in [3.63, 3.8) is 0 Å². The van der Waals surface area contributed by atoms with Crippen molar-refractivity contribution < 1.29 is 0 Å². The van der Waals surface area contributed by atoms with Crippen LogP contribution in [0.5, 0.6) is 0 Å². The van der Waals surface area contributed by atoms with E-state index in [1.165, 1.54) is 27.9 Å². The maximum atomic E-state index is 4.55. The Morgan fingerprint density at radius 3 is 2.48 bits per heavy atom. The molecule has 1 aromatic carbocycles. The van der Waals surface area contributed by atoms with Gasteiger partial charge >= 0.3 is 0 Å². The summed E-state index contributed by atoms with van der Waals surface area (Å²) in [5, 5.41) is 8.19. The first kappa shape index (κ1) is 15.8. The Labute approximate surface area is 128 Å². The van der Waals surface area contributed by atoms with Crippen LogP contribution >= 0.6 is 0 Å². The lowest BCUT2D eigenvalue weighted by atomic mass is 9.93. The Balaban J connectivity index is 2.37. The second-order valence-corrected chi connectivity index (χ2v) is 5.95. The van der Waals surface area contributed by atoms with Crippen LogP contribution in [-0.2, 0) is 13.5 Å². The third kappa shape index (κ3) is 3.35. The van der Waals surface area contributed by atoms with E-state index in [9.17, 15) is 0 Å². The van der Waals surface area contributed by atoms with E-state index >= 15 is 0 Å². The molecule has 0 aliphatic carbocycles. The number of aromatic nitrogens is 2. The van der Waals surface area contributed by atoms with Crippen molar-refractivity contribution in [3.05, 3.63) is 51.8 Å². The third-order valence-corrected chi connectivity index (χ3v) is 4.33. The van der Waals surface area contributed by atoms with Gasteiger partial charge in [-0.25, -0.2) is 0 Å². The van der Waals surface area contributed by atoms with Crippen molar-refractivity contribution in [3.8, 4) is 0 Å². The van der Waals surface area contributed by atoms with E-state index in [2.05, 4.69) is 63.2 Å². The van der Waals surface area contributed by atoms with Gasteiger partial charge in [0.2, 0.25) is 0 Å². The topological polar surface area (TPSA) is 29.9 Å². The van der Waals surface area contributed by atoms with Gasteiger partial charge in [-0.05, 0) is 57.4 Å². The van der Waals surface area contributed by atoms with Crippen LogP contribution in [0.3, 0.4) is 0 Å². The van der Waals surface area contributed by atoms with Crippen molar-refractivity contribution >= 4 is 0 Å². The minimum Gasteiger partial charge on any atom is -0.310 e. The fourth-order valence-electron chi connectivity index (χ4n) is 2.99. The second kappa shape index (κ2) is 6.44. The van der Waals surface area contributed by atoms with E-state index in [4.69, 9.17) is 0 Å². The zero-order valence-electron chi connectivity index (χ0n) is 14.1. The molecule has 1 unspecified atom stereocenters. The molecule has 2 aromatic rings. The number of aryl methyl sites for hydroxylation is 4. The molecular formula is C18H27N3. The van der Waals surface area contributed by atoms with Gasteiger partial charge in [0.25, 0.3) is 0 Å². The molecule has 3 nitrogen and oxygen atoms in total. The Morgan fingerprint density at radius 1 is 1.19 bits per heavy atom. The summed E-state index contributed by atoms with van der Waals surface area (Å²) in [5.74, 6) is 0. The van der Waals surface area contributed by atoms with Gasteiger partial charge in [0.05, 0.1) is 5.69 Å². The Morgan fingerprint density at radius 2 is 1.90 bits per heavy atom. The van der Waals surface area contributed by atoms with E-state index in [0.717, 1.165) is 18.7 Å². The summed E-state index contributed by atoms with van der Waals surface area (Å²) in [6, 6.07) is 7.06. The average Bonchev–Trinajstić information content (AvgIpc) is 2.67. The molecule has 3 heteroatoms. The first-order valence-corrected chi connectivity index (χ1v) is 7.73. The number of nitrogens with zero attached hydrogens (tertiary/aromatic N) is 2. The van der Waals surface area contributed by atoms with Crippen molar-refractivity contribution in [2.45, 2.75) is 47.1 Å². The maximum absolute atomic E-state index is 4.55. The molecule has 1 N–H and O–H groups in total. The summed E-state index contributed by atoms with van der Waals surface area (Å²) in [6.07, 6.45) is 0.990. The van der Waals surface area contributed by atoms with Crippen molar-refractivity contribution in [1.82, 2.24) is 15.1 Å². The lowest BCUT2D eigenvalue weighted by Gasteiger charge is -2.21. The number of hydrogen-bond acceptors (Lipinski definition) is 2. The summed E-state index contributed by atoms with van der Waals surface area (Å²) >= 11 is 0. The number of likely N-dealkylation sites (N-methyl/N-ethyl adjacent to an activating group) is 1. The standard InChI is InChI=1S/C18H27N3/c1-7-19-18(16-10-12(2)8-9-13(16)3)11-17-14(4)20-21(6)15(17)5/h8-10,18-19H,7,11H2,1-6H3. The van der Waals surface area contributed by atoms with Crippen LogP contribution in [0.4, 0.5) is 0 Å². The molecule has 0 aliphatic rings. The maximum Gasteiger partial charge on any atom is 0.0629 e. The van der Waals surface area contributed by atoms with E-state index in [-0.39, 0.29) is 0 Å². The van der Waals surface area contributed by atoms with Crippen LogP contribution in [0.25, 0.3) is 0 Å². The molecule has 114 valence electrons. The summed E-state index contributed by atoms with van der Waals surface area (Å²) in [4.78, 5) is 0. The van der Waals surface area contributed by atoms with Crippen LogP contribution in [-0.4, -0.2) is 16.3 Å². The van der Waals surface area contributed by atoms with Crippen LogP contribution in [0.15, 0.2) is 18.2 Å². The molecular weight excluding hydrogens is 258 g/mol. The highest BCUT2D eigenvalue weighted by atomic mass is 15.3. The first-order valence-electron chi connectivity index (χ1n) is 7.73. The van der Waals surface area contributed by atoms with Crippen LogP contribution in [0, 0.1) is 27.7 Å². The van der Waals surface area contributed by atoms with Crippen molar-refractivity contribution in [2.75, 3.05) is 6.54 Å².